The van der Waals surface area contributed by atoms with Gasteiger partial charge < -0.3 is 9.64 Å². The number of nitrogens with zero attached hydrogens (tertiary/aromatic N) is 1. The molecule has 1 aliphatic rings. The average Bonchev–Trinajstić information content (AvgIpc) is 2.45. The number of ether oxygens (including phenoxy) is 1. The van der Waals surface area contributed by atoms with Crippen molar-refractivity contribution in [3.63, 3.8) is 0 Å². The van der Waals surface area contributed by atoms with Gasteiger partial charge in [-0.15, -0.1) is 0 Å². The highest BCUT2D eigenvalue weighted by atomic mass is 16.5. The lowest BCUT2D eigenvalue weighted by atomic mass is 9.99. The molecule has 2 atom stereocenters. The van der Waals surface area contributed by atoms with Gasteiger partial charge in [0.2, 0.25) is 7.85 Å². The van der Waals surface area contributed by atoms with Crippen molar-refractivity contribution in [3.8, 4) is 0 Å². The lowest BCUT2D eigenvalue weighted by Crippen LogP contribution is -2.47. The van der Waals surface area contributed by atoms with E-state index in [4.69, 9.17) is 12.6 Å². The van der Waals surface area contributed by atoms with Crippen LogP contribution >= 0.6 is 0 Å². The van der Waals surface area contributed by atoms with Crippen LogP contribution in [0.25, 0.3) is 0 Å². The molecule has 0 spiro atoms. The second-order valence-corrected chi connectivity index (χ2v) is 4.59. The molecule has 0 aromatic heterocycles. The van der Waals surface area contributed by atoms with Gasteiger partial charge in [0.25, 0.3) is 0 Å². The van der Waals surface area contributed by atoms with Gasteiger partial charge in [-0.2, -0.15) is 0 Å². The minimum Gasteiger partial charge on any atom is -0.350 e. The van der Waals surface area contributed by atoms with Crippen molar-refractivity contribution in [2.45, 2.75) is 58.4 Å². The molecule has 0 bridgehead atoms. The fraction of sp³-hybridized carbons (Fsp3) is 0.750. The molecule has 1 saturated heterocycles. The molecule has 1 aliphatic heterocycles. The fourth-order valence-electron chi connectivity index (χ4n) is 2.42. The first-order valence-corrected chi connectivity index (χ1v) is 5.81. The lowest BCUT2D eigenvalue weighted by molar-refractivity contribution is -0.0564. The summed E-state index contributed by atoms with van der Waals surface area (Å²) in [7, 11) is 5.42. The Hall–Kier alpha value is -0.765. The number of amides is 1. The van der Waals surface area contributed by atoms with E-state index in [0.29, 0.717) is 0 Å². The van der Waals surface area contributed by atoms with Gasteiger partial charge in [0.15, 0.2) is 5.81 Å². The second-order valence-electron chi connectivity index (χ2n) is 4.59. The molecule has 1 fully saturated rings. The van der Waals surface area contributed by atoms with Gasteiger partial charge in [-0.3, -0.25) is 4.79 Å². The van der Waals surface area contributed by atoms with Crippen LogP contribution < -0.4 is 0 Å². The smallest absolute Gasteiger partial charge is 0.200 e. The van der Waals surface area contributed by atoms with Crippen LogP contribution in [0.15, 0.2) is 12.2 Å². The van der Waals surface area contributed by atoms with Crippen LogP contribution in [0.5, 0.6) is 0 Å². The molecule has 16 heavy (non-hydrogen) atoms. The van der Waals surface area contributed by atoms with E-state index < -0.39 is 11.5 Å². The van der Waals surface area contributed by atoms with Crippen molar-refractivity contribution in [1.82, 2.24) is 4.90 Å². The normalized spacial score (nSPS) is 28.9. The van der Waals surface area contributed by atoms with E-state index in [0.717, 1.165) is 12.8 Å². The minimum atomic E-state index is -0.598. The van der Waals surface area contributed by atoms with E-state index in [1.807, 2.05) is 33.8 Å². The molecule has 2 unspecified atom stereocenters. The molecule has 0 aromatic rings. The van der Waals surface area contributed by atoms with Crippen molar-refractivity contribution >= 4 is 13.7 Å². The maximum Gasteiger partial charge on any atom is 0.200 e. The van der Waals surface area contributed by atoms with Crippen LogP contribution in [0.4, 0.5) is 4.79 Å². The van der Waals surface area contributed by atoms with Gasteiger partial charge in [0, 0.05) is 0 Å². The first-order chi connectivity index (χ1) is 7.44. The summed E-state index contributed by atoms with van der Waals surface area (Å²) >= 11 is 0. The van der Waals surface area contributed by atoms with Crippen molar-refractivity contribution in [1.29, 1.82) is 0 Å². The van der Waals surface area contributed by atoms with Gasteiger partial charge >= 0.3 is 0 Å². The molecule has 0 aliphatic carbocycles. The topological polar surface area (TPSA) is 29.5 Å². The van der Waals surface area contributed by atoms with Crippen LogP contribution in [0.2, 0.25) is 0 Å². The van der Waals surface area contributed by atoms with E-state index in [2.05, 4.69) is 6.08 Å². The summed E-state index contributed by atoms with van der Waals surface area (Å²) in [5.74, 6) is -0.403. The molecule has 88 valence electrons. The zero-order chi connectivity index (χ0) is 12.3. The zero-order valence-corrected chi connectivity index (χ0v) is 10.6. The van der Waals surface area contributed by atoms with E-state index in [1.165, 1.54) is 0 Å². The number of rotatable bonds is 3. The molecule has 2 radical (unpaired) electrons. The van der Waals surface area contributed by atoms with E-state index in [-0.39, 0.29) is 12.1 Å². The Morgan fingerprint density at radius 1 is 1.56 bits per heavy atom. The van der Waals surface area contributed by atoms with Gasteiger partial charge in [-0.25, -0.2) is 0 Å². The molecule has 0 N–H and O–H groups in total. The van der Waals surface area contributed by atoms with Gasteiger partial charge in [0.05, 0.1) is 12.1 Å². The van der Waals surface area contributed by atoms with Crippen molar-refractivity contribution in [3.05, 3.63) is 12.2 Å². The monoisotopic (exact) mass is 221 g/mol. The molecular weight excluding hydrogens is 201 g/mol. The van der Waals surface area contributed by atoms with Crippen LogP contribution in [0.3, 0.4) is 0 Å². The lowest BCUT2D eigenvalue weighted by Gasteiger charge is -2.33. The van der Waals surface area contributed by atoms with Crippen LogP contribution in [-0.4, -0.2) is 36.4 Å². The summed E-state index contributed by atoms with van der Waals surface area (Å²) in [5.41, 5.74) is -0.598. The van der Waals surface area contributed by atoms with E-state index in [1.54, 1.807) is 4.90 Å². The SMILES string of the molecule is [B]C(=O)N1C(CC)C(C/C=C/C)OC1(C)C. The van der Waals surface area contributed by atoms with Crippen LogP contribution in [0, 0.1) is 0 Å². The van der Waals surface area contributed by atoms with Crippen LogP contribution in [0.1, 0.15) is 40.5 Å². The molecule has 1 amide bonds. The summed E-state index contributed by atoms with van der Waals surface area (Å²) in [5, 5.41) is 0. The molecule has 0 saturated carbocycles. The maximum atomic E-state index is 11.5. The number of hydrogen-bond donors (Lipinski definition) is 0. The van der Waals surface area contributed by atoms with E-state index in [9.17, 15) is 4.79 Å². The highest BCUT2D eigenvalue weighted by Crippen LogP contribution is 2.35. The molecular formula is C12H20BNO2. The summed E-state index contributed by atoms with van der Waals surface area (Å²) < 4.78 is 5.90. The number of hydrogen-bond acceptors (Lipinski definition) is 2. The summed E-state index contributed by atoms with van der Waals surface area (Å²) in [6.45, 7) is 7.80. The van der Waals surface area contributed by atoms with Gasteiger partial charge in [0.1, 0.15) is 5.72 Å². The molecule has 0 aromatic carbocycles. The van der Waals surface area contributed by atoms with E-state index >= 15 is 0 Å². The highest BCUT2D eigenvalue weighted by molar-refractivity contribution is 6.57. The Bertz CT molecular complexity index is 289. The minimum absolute atomic E-state index is 0.0451. The second kappa shape index (κ2) is 5.04. The summed E-state index contributed by atoms with van der Waals surface area (Å²) in [6, 6.07) is 0.0729. The third kappa shape index (κ3) is 2.49. The standard InChI is InChI=1S/C12H20BNO2/c1-5-7-8-10-9(6-2)14(11(13)15)12(3,4)16-10/h5,7,9-10H,6,8H2,1-4H3/b7-5+. The Morgan fingerprint density at radius 3 is 2.62 bits per heavy atom. The molecule has 4 heteroatoms. The first-order valence-electron chi connectivity index (χ1n) is 5.81. The molecule has 3 nitrogen and oxygen atoms in total. The van der Waals surface area contributed by atoms with Crippen molar-refractivity contribution in [2.24, 2.45) is 0 Å². The zero-order valence-electron chi connectivity index (χ0n) is 10.6. The number of carbonyl (C=O) groups is 1. The predicted octanol–water partition coefficient (Wildman–Crippen LogP) is 2.46. The average molecular weight is 221 g/mol. The first kappa shape index (κ1) is 13.3. The Balaban J connectivity index is 2.88. The number of allylic oxidation sites excluding steroid dienone is 1. The van der Waals surface area contributed by atoms with Crippen molar-refractivity contribution < 1.29 is 9.53 Å². The predicted molar refractivity (Wildman–Crippen MR) is 65.5 cm³/mol. The molecule has 1 heterocycles. The third-order valence-electron chi connectivity index (χ3n) is 3.04. The Labute approximate surface area is 99.2 Å². The van der Waals surface area contributed by atoms with Gasteiger partial charge in [-0.05, 0) is 33.6 Å². The third-order valence-corrected chi connectivity index (χ3v) is 3.04. The Morgan fingerprint density at radius 2 is 2.19 bits per heavy atom. The maximum absolute atomic E-state index is 11.5. The fourth-order valence-corrected chi connectivity index (χ4v) is 2.42. The Kier molecular flexibility index (Phi) is 4.19. The summed E-state index contributed by atoms with van der Waals surface area (Å²) in [6.07, 6.45) is 5.78. The molecule has 1 rings (SSSR count). The number of carbonyl (C=O) groups excluding carboxylic acids is 1. The van der Waals surface area contributed by atoms with Crippen LogP contribution in [-0.2, 0) is 4.74 Å². The highest BCUT2D eigenvalue weighted by Gasteiger charge is 2.46. The van der Waals surface area contributed by atoms with Crippen molar-refractivity contribution in [2.75, 3.05) is 0 Å². The summed E-state index contributed by atoms with van der Waals surface area (Å²) in [4.78, 5) is 13.1. The largest absolute Gasteiger partial charge is 0.350 e. The quantitative estimate of drug-likeness (QED) is 0.541. The van der Waals surface area contributed by atoms with Gasteiger partial charge in [-0.1, -0.05) is 19.1 Å².